The highest BCUT2D eigenvalue weighted by Crippen LogP contribution is 2.16. The molecule has 1 unspecified atom stereocenters. The Kier molecular flexibility index (Phi) is 4.31. The largest absolute Gasteiger partial charge is 0.468 e. The number of hydrogen-bond donors (Lipinski definition) is 1. The Morgan fingerprint density at radius 1 is 1.53 bits per heavy atom. The van der Waals surface area contributed by atoms with E-state index < -0.39 is 0 Å². The minimum atomic E-state index is -0.374. The fourth-order valence-corrected chi connectivity index (χ4v) is 1.53. The normalized spacial score (nSPS) is 12.2. The SMILES string of the molecule is CCc1cccc(C(NC)C(=O)OC)c1. The van der Waals surface area contributed by atoms with Crippen molar-refractivity contribution >= 4 is 5.97 Å². The standard InChI is InChI=1S/C12H17NO2/c1-4-9-6-5-7-10(8-9)11(13-2)12(14)15-3/h5-8,11,13H,4H2,1-3H3. The molecule has 0 saturated heterocycles. The molecule has 1 rings (SSSR count). The van der Waals surface area contributed by atoms with Crippen molar-refractivity contribution in [3.63, 3.8) is 0 Å². The van der Waals surface area contributed by atoms with Crippen LogP contribution in [0.2, 0.25) is 0 Å². The number of likely N-dealkylation sites (N-methyl/N-ethyl adjacent to an activating group) is 1. The molecule has 0 aliphatic carbocycles. The summed E-state index contributed by atoms with van der Waals surface area (Å²) in [6, 6.07) is 7.59. The number of esters is 1. The third-order valence-corrected chi connectivity index (χ3v) is 2.42. The minimum absolute atomic E-state index is 0.259. The summed E-state index contributed by atoms with van der Waals surface area (Å²) in [5, 5.41) is 2.95. The second-order valence-corrected chi connectivity index (χ2v) is 3.34. The Morgan fingerprint density at radius 2 is 2.27 bits per heavy atom. The Bertz CT molecular complexity index is 336. The van der Waals surface area contributed by atoms with Crippen molar-refractivity contribution in [2.75, 3.05) is 14.2 Å². The summed E-state index contributed by atoms with van der Waals surface area (Å²) in [7, 11) is 3.15. The van der Waals surface area contributed by atoms with E-state index in [1.807, 2.05) is 24.3 Å². The number of nitrogens with one attached hydrogen (secondary N) is 1. The smallest absolute Gasteiger partial charge is 0.327 e. The number of carbonyl (C=O) groups is 1. The zero-order chi connectivity index (χ0) is 11.3. The van der Waals surface area contributed by atoms with E-state index in [1.165, 1.54) is 12.7 Å². The lowest BCUT2D eigenvalue weighted by molar-refractivity contribution is -0.143. The maximum absolute atomic E-state index is 11.5. The van der Waals surface area contributed by atoms with Crippen molar-refractivity contribution in [3.8, 4) is 0 Å². The van der Waals surface area contributed by atoms with E-state index in [0.29, 0.717) is 0 Å². The molecule has 1 N–H and O–H groups in total. The first-order chi connectivity index (χ1) is 7.22. The van der Waals surface area contributed by atoms with Crippen LogP contribution in [-0.4, -0.2) is 20.1 Å². The lowest BCUT2D eigenvalue weighted by Gasteiger charge is -2.14. The van der Waals surface area contributed by atoms with Gasteiger partial charge in [0.1, 0.15) is 6.04 Å². The van der Waals surface area contributed by atoms with Crippen LogP contribution in [0, 0.1) is 0 Å². The van der Waals surface area contributed by atoms with Gasteiger partial charge in [0.05, 0.1) is 7.11 Å². The van der Waals surface area contributed by atoms with E-state index in [9.17, 15) is 4.79 Å². The molecule has 0 spiro atoms. The average Bonchev–Trinajstić information content (AvgIpc) is 2.30. The number of rotatable bonds is 4. The van der Waals surface area contributed by atoms with Gasteiger partial charge >= 0.3 is 5.97 Å². The highest BCUT2D eigenvalue weighted by atomic mass is 16.5. The Morgan fingerprint density at radius 3 is 2.80 bits per heavy atom. The molecule has 82 valence electrons. The van der Waals surface area contributed by atoms with Crippen LogP contribution in [0.25, 0.3) is 0 Å². The van der Waals surface area contributed by atoms with Gasteiger partial charge in [-0.15, -0.1) is 0 Å². The minimum Gasteiger partial charge on any atom is -0.468 e. The maximum atomic E-state index is 11.5. The van der Waals surface area contributed by atoms with Gasteiger partial charge < -0.3 is 10.1 Å². The van der Waals surface area contributed by atoms with Crippen molar-refractivity contribution < 1.29 is 9.53 Å². The molecular weight excluding hydrogens is 190 g/mol. The molecule has 0 amide bonds. The van der Waals surface area contributed by atoms with Gasteiger partial charge in [-0.25, -0.2) is 4.79 Å². The molecule has 1 aromatic carbocycles. The van der Waals surface area contributed by atoms with Crippen LogP contribution in [0.15, 0.2) is 24.3 Å². The molecule has 15 heavy (non-hydrogen) atoms. The maximum Gasteiger partial charge on any atom is 0.327 e. The van der Waals surface area contributed by atoms with E-state index >= 15 is 0 Å². The lowest BCUT2D eigenvalue weighted by atomic mass is 10.0. The summed E-state index contributed by atoms with van der Waals surface area (Å²) < 4.78 is 4.73. The molecule has 0 heterocycles. The second-order valence-electron chi connectivity index (χ2n) is 3.34. The van der Waals surface area contributed by atoms with Gasteiger partial charge in [-0.2, -0.15) is 0 Å². The molecule has 0 aliphatic heterocycles. The first-order valence-electron chi connectivity index (χ1n) is 5.06. The number of methoxy groups -OCH3 is 1. The highest BCUT2D eigenvalue weighted by Gasteiger charge is 2.18. The van der Waals surface area contributed by atoms with Crippen molar-refractivity contribution in [3.05, 3.63) is 35.4 Å². The van der Waals surface area contributed by atoms with Gasteiger partial charge in [-0.05, 0) is 24.6 Å². The van der Waals surface area contributed by atoms with Crippen LogP contribution in [0.3, 0.4) is 0 Å². The van der Waals surface area contributed by atoms with Gasteiger partial charge in [-0.1, -0.05) is 31.2 Å². The number of hydrogen-bond acceptors (Lipinski definition) is 3. The summed E-state index contributed by atoms with van der Waals surface area (Å²) in [4.78, 5) is 11.5. The molecule has 0 saturated carbocycles. The van der Waals surface area contributed by atoms with E-state index in [4.69, 9.17) is 4.74 Å². The van der Waals surface area contributed by atoms with E-state index in [1.54, 1.807) is 7.05 Å². The van der Waals surface area contributed by atoms with Crippen LogP contribution in [0.4, 0.5) is 0 Å². The van der Waals surface area contributed by atoms with Crippen molar-refractivity contribution in [1.29, 1.82) is 0 Å². The molecule has 3 nitrogen and oxygen atoms in total. The topological polar surface area (TPSA) is 38.3 Å². The fourth-order valence-electron chi connectivity index (χ4n) is 1.53. The van der Waals surface area contributed by atoms with Gasteiger partial charge in [0.15, 0.2) is 0 Å². The van der Waals surface area contributed by atoms with Crippen molar-refractivity contribution in [2.45, 2.75) is 19.4 Å². The predicted molar refractivity (Wildman–Crippen MR) is 59.6 cm³/mol. The van der Waals surface area contributed by atoms with Crippen LogP contribution >= 0.6 is 0 Å². The van der Waals surface area contributed by atoms with E-state index in [2.05, 4.69) is 12.2 Å². The van der Waals surface area contributed by atoms with Crippen LogP contribution < -0.4 is 5.32 Å². The molecule has 3 heteroatoms. The fraction of sp³-hybridized carbons (Fsp3) is 0.417. The lowest BCUT2D eigenvalue weighted by Crippen LogP contribution is -2.26. The molecule has 0 radical (unpaired) electrons. The molecule has 0 fully saturated rings. The molecular formula is C12H17NO2. The van der Waals surface area contributed by atoms with E-state index in [-0.39, 0.29) is 12.0 Å². The Balaban J connectivity index is 2.96. The number of benzene rings is 1. The number of carbonyl (C=O) groups excluding carboxylic acids is 1. The summed E-state index contributed by atoms with van der Waals surface area (Å²) in [5.41, 5.74) is 2.17. The average molecular weight is 207 g/mol. The Hall–Kier alpha value is -1.35. The third-order valence-electron chi connectivity index (χ3n) is 2.42. The van der Waals surface area contributed by atoms with Gasteiger partial charge in [-0.3, -0.25) is 0 Å². The van der Waals surface area contributed by atoms with Crippen molar-refractivity contribution in [2.24, 2.45) is 0 Å². The van der Waals surface area contributed by atoms with Crippen LogP contribution in [-0.2, 0) is 16.0 Å². The summed E-state index contributed by atoms with van der Waals surface area (Å²) in [5.74, 6) is -0.259. The third kappa shape index (κ3) is 2.80. The number of ether oxygens (including phenoxy) is 1. The van der Waals surface area contributed by atoms with Crippen LogP contribution in [0.5, 0.6) is 0 Å². The van der Waals surface area contributed by atoms with Gasteiger partial charge in [0, 0.05) is 0 Å². The first-order valence-corrected chi connectivity index (χ1v) is 5.06. The van der Waals surface area contributed by atoms with Gasteiger partial charge in [0.25, 0.3) is 0 Å². The summed E-state index contributed by atoms with van der Waals surface area (Å²) in [6.45, 7) is 2.09. The molecule has 0 aromatic heterocycles. The molecule has 1 aromatic rings. The molecule has 0 aliphatic rings. The zero-order valence-electron chi connectivity index (χ0n) is 9.41. The number of aryl methyl sites for hydroxylation is 1. The van der Waals surface area contributed by atoms with Crippen molar-refractivity contribution in [1.82, 2.24) is 5.32 Å². The highest BCUT2D eigenvalue weighted by molar-refractivity contribution is 5.77. The van der Waals surface area contributed by atoms with Crippen LogP contribution in [0.1, 0.15) is 24.1 Å². The summed E-state index contributed by atoms with van der Waals surface area (Å²) in [6.07, 6.45) is 0.964. The Labute approximate surface area is 90.4 Å². The predicted octanol–water partition coefficient (Wildman–Crippen LogP) is 1.68. The zero-order valence-corrected chi connectivity index (χ0v) is 9.41. The second kappa shape index (κ2) is 5.51. The monoisotopic (exact) mass is 207 g/mol. The molecule has 1 atom stereocenters. The quantitative estimate of drug-likeness (QED) is 0.763. The first kappa shape index (κ1) is 11.7. The van der Waals surface area contributed by atoms with Gasteiger partial charge in [0.2, 0.25) is 0 Å². The summed E-state index contributed by atoms with van der Waals surface area (Å²) >= 11 is 0. The molecule has 0 bridgehead atoms. The van der Waals surface area contributed by atoms with E-state index in [0.717, 1.165) is 12.0 Å².